The van der Waals surface area contributed by atoms with Crippen LogP contribution in [0.15, 0.2) is 18.2 Å². The van der Waals surface area contributed by atoms with E-state index in [1.807, 2.05) is 0 Å². The summed E-state index contributed by atoms with van der Waals surface area (Å²) in [6, 6.07) is 3.39. The van der Waals surface area contributed by atoms with Crippen LogP contribution in [0.2, 0.25) is 0 Å². The highest BCUT2D eigenvalue weighted by atomic mass is 19.4. The zero-order valence-electron chi connectivity index (χ0n) is 13.8. The molecular weight excluding hydrogens is 323 g/mol. The standard InChI is InChI=1S/C16H22F3N3O2/c1-3-21-6-8-22(9-7-21)15(23)20-11-12-4-5-13(24-2)10-14(12)16(17,18)19/h4-5,10H,3,6-9,11H2,1-2H3,(H,20,23). The number of benzene rings is 1. The molecule has 0 aromatic heterocycles. The lowest BCUT2D eigenvalue weighted by Crippen LogP contribution is -2.51. The second kappa shape index (κ2) is 7.74. The number of alkyl halides is 3. The first-order valence-corrected chi connectivity index (χ1v) is 7.84. The van der Waals surface area contributed by atoms with Crippen LogP contribution in [0.1, 0.15) is 18.1 Å². The highest BCUT2D eigenvalue weighted by Crippen LogP contribution is 2.34. The molecule has 0 aliphatic carbocycles. The molecule has 8 heteroatoms. The Morgan fingerprint density at radius 2 is 1.92 bits per heavy atom. The van der Waals surface area contributed by atoms with Crippen LogP contribution in [0.3, 0.4) is 0 Å². The SMILES string of the molecule is CCN1CCN(C(=O)NCc2ccc(OC)cc2C(F)(F)F)CC1. The fraction of sp³-hybridized carbons (Fsp3) is 0.562. The first-order chi connectivity index (χ1) is 11.3. The Balaban J connectivity index is 2.00. The predicted octanol–water partition coefficient (Wildman–Crippen LogP) is 2.56. The van der Waals surface area contributed by atoms with Crippen molar-refractivity contribution < 1.29 is 22.7 Å². The van der Waals surface area contributed by atoms with Gasteiger partial charge in [0, 0.05) is 32.7 Å². The molecule has 24 heavy (non-hydrogen) atoms. The summed E-state index contributed by atoms with van der Waals surface area (Å²) < 4.78 is 44.3. The van der Waals surface area contributed by atoms with E-state index in [0.29, 0.717) is 13.1 Å². The average molecular weight is 345 g/mol. The number of carbonyl (C=O) groups excluding carboxylic acids is 1. The molecule has 1 aliphatic rings. The van der Waals surface area contributed by atoms with Crippen LogP contribution < -0.4 is 10.1 Å². The summed E-state index contributed by atoms with van der Waals surface area (Å²) in [7, 11) is 1.31. The van der Waals surface area contributed by atoms with E-state index in [2.05, 4.69) is 17.1 Å². The maximum absolute atomic E-state index is 13.1. The number of hydrogen-bond acceptors (Lipinski definition) is 3. The van der Waals surface area contributed by atoms with Gasteiger partial charge in [-0.25, -0.2) is 4.79 Å². The number of likely N-dealkylation sites (N-methyl/N-ethyl adjacent to an activating group) is 1. The number of hydrogen-bond donors (Lipinski definition) is 1. The van der Waals surface area contributed by atoms with Crippen LogP contribution >= 0.6 is 0 Å². The number of methoxy groups -OCH3 is 1. The molecule has 0 radical (unpaired) electrons. The molecule has 1 heterocycles. The van der Waals surface area contributed by atoms with Crippen molar-refractivity contribution in [1.29, 1.82) is 0 Å². The van der Waals surface area contributed by atoms with E-state index < -0.39 is 11.7 Å². The minimum absolute atomic E-state index is 0.0174. The molecule has 134 valence electrons. The second-order valence-corrected chi connectivity index (χ2v) is 5.60. The van der Waals surface area contributed by atoms with Crippen molar-refractivity contribution in [3.63, 3.8) is 0 Å². The number of urea groups is 1. The van der Waals surface area contributed by atoms with Gasteiger partial charge < -0.3 is 19.9 Å². The molecule has 2 rings (SSSR count). The van der Waals surface area contributed by atoms with Gasteiger partial charge in [-0.15, -0.1) is 0 Å². The van der Waals surface area contributed by atoms with Crippen LogP contribution in [-0.4, -0.2) is 55.7 Å². The number of amides is 2. The largest absolute Gasteiger partial charge is 0.497 e. The van der Waals surface area contributed by atoms with Crippen LogP contribution in [0, 0.1) is 0 Å². The first kappa shape index (κ1) is 18.4. The Morgan fingerprint density at radius 3 is 2.46 bits per heavy atom. The van der Waals surface area contributed by atoms with Crippen molar-refractivity contribution in [1.82, 2.24) is 15.1 Å². The molecule has 5 nitrogen and oxygen atoms in total. The summed E-state index contributed by atoms with van der Waals surface area (Å²) in [5, 5.41) is 2.58. The van der Waals surface area contributed by atoms with E-state index in [-0.39, 0.29) is 23.9 Å². The third kappa shape index (κ3) is 4.53. The maximum atomic E-state index is 13.1. The minimum Gasteiger partial charge on any atom is -0.497 e. The number of piperazine rings is 1. The molecule has 1 aromatic rings. The summed E-state index contributed by atoms with van der Waals surface area (Å²) in [6.45, 7) is 5.52. The Kier molecular flexibility index (Phi) is 5.93. The molecule has 2 amide bonds. The summed E-state index contributed by atoms with van der Waals surface area (Å²) >= 11 is 0. The molecule has 1 aromatic carbocycles. The molecule has 1 saturated heterocycles. The fourth-order valence-electron chi connectivity index (χ4n) is 2.65. The fourth-order valence-corrected chi connectivity index (χ4v) is 2.65. The van der Waals surface area contributed by atoms with Gasteiger partial charge >= 0.3 is 12.2 Å². The van der Waals surface area contributed by atoms with Gasteiger partial charge in [-0.1, -0.05) is 13.0 Å². The smallest absolute Gasteiger partial charge is 0.416 e. The first-order valence-electron chi connectivity index (χ1n) is 7.84. The Bertz CT molecular complexity index is 570. The lowest BCUT2D eigenvalue weighted by atomic mass is 10.1. The third-order valence-corrected chi connectivity index (χ3v) is 4.16. The molecule has 1 aliphatic heterocycles. The summed E-state index contributed by atoms with van der Waals surface area (Å²) in [6.07, 6.45) is -4.50. The van der Waals surface area contributed by atoms with E-state index in [9.17, 15) is 18.0 Å². The Morgan fingerprint density at radius 1 is 1.25 bits per heavy atom. The Labute approximate surface area is 139 Å². The van der Waals surface area contributed by atoms with Gasteiger partial charge in [0.25, 0.3) is 0 Å². The number of halogens is 3. The lowest BCUT2D eigenvalue weighted by molar-refractivity contribution is -0.138. The van der Waals surface area contributed by atoms with Crippen molar-refractivity contribution in [3.8, 4) is 5.75 Å². The van der Waals surface area contributed by atoms with Gasteiger partial charge in [0.15, 0.2) is 0 Å². The van der Waals surface area contributed by atoms with Gasteiger partial charge in [0.2, 0.25) is 0 Å². The van der Waals surface area contributed by atoms with Crippen LogP contribution in [0.5, 0.6) is 5.75 Å². The third-order valence-electron chi connectivity index (χ3n) is 4.16. The van der Waals surface area contributed by atoms with Gasteiger partial charge in [0.05, 0.1) is 12.7 Å². The second-order valence-electron chi connectivity index (χ2n) is 5.60. The average Bonchev–Trinajstić information content (AvgIpc) is 2.58. The van der Waals surface area contributed by atoms with Crippen molar-refractivity contribution in [2.45, 2.75) is 19.6 Å². The van der Waals surface area contributed by atoms with Crippen molar-refractivity contribution in [2.24, 2.45) is 0 Å². The molecule has 1 N–H and O–H groups in total. The topological polar surface area (TPSA) is 44.8 Å². The van der Waals surface area contributed by atoms with Crippen molar-refractivity contribution in [2.75, 3.05) is 39.8 Å². The van der Waals surface area contributed by atoms with Crippen LogP contribution in [0.25, 0.3) is 0 Å². The van der Waals surface area contributed by atoms with Crippen molar-refractivity contribution in [3.05, 3.63) is 29.3 Å². The number of nitrogens with one attached hydrogen (secondary N) is 1. The van der Waals surface area contributed by atoms with E-state index in [4.69, 9.17) is 4.74 Å². The summed E-state index contributed by atoms with van der Waals surface area (Å²) in [5.74, 6) is 0.132. The van der Waals surface area contributed by atoms with Crippen LogP contribution in [0.4, 0.5) is 18.0 Å². The number of ether oxygens (including phenoxy) is 1. The normalized spacial score (nSPS) is 16.1. The van der Waals surface area contributed by atoms with E-state index >= 15 is 0 Å². The monoisotopic (exact) mass is 345 g/mol. The molecule has 0 bridgehead atoms. The number of carbonyl (C=O) groups is 1. The lowest BCUT2D eigenvalue weighted by Gasteiger charge is -2.34. The molecule has 0 unspecified atom stereocenters. The quantitative estimate of drug-likeness (QED) is 0.912. The molecule has 0 saturated carbocycles. The molecule has 0 spiro atoms. The highest BCUT2D eigenvalue weighted by molar-refractivity contribution is 5.74. The van der Waals surface area contributed by atoms with E-state index in [0.717, 1.165) is 25.7 Å². The predicted molar refractivity (Wildman–Crippen MR) is 83.9 cm³/mol. The summed E-state index contributed by atoms with van der Waals surface area (Å²) in [4.78, 5) is 16.0. The van der Waals surface area contributed by atoms with Gasteiger partial charge in [0.1, 0.15) is 5.75 Å². The number of rotatable bonds is 4. The Hall–Kier alpha value is -1.96. The maximum Gasteiger partial charge on any atom is 0.416 e. The zero-order valence-corrected chi connectivity index (χ0v) is 13.8. The van der Waals surface area contributed by atoms with E-state index in [1.54, 1.807) is 4.90 Å². The highest BCUT2D eigenvalue weighted by Gasteiger charge is 2.34. The molecular formula is C16H22F3N3O2. The van der Waals surface area contributed by atoms with Gasteiger partial charge in [-0.05, 0) is 24.2 Å². The molecule has 1 fully saturated rings. The summed E-state index contributed by atoms with van der Waals surface area (Å²) in [5.41, 5.74) is -0.776. The van der Waals surface area contributed by atoms with E-state index in [1.165, 1.54) is 19.2 Å². The van der Waals surface area contributed by atoms with Gasteiger partial charge in [-0.3, -0.25) is 0 Å². The molecule has 0 atom stereocenters. The zero-order chi connectivity index (χ0) is 17.7. The van der Waals surface area contributed by atoms with Crippen molar-refractivity contribution >= 4 is 6.03 Å². The van der Waals surface area contributed by atoms with Crippen LogP contribution in [-0.2, 0) is 12.7 Å². The number of nitrogens with zero attached hydrogens (tertiary/aromatic N) is 2. The van der Waals surface area contributed by atoms with Gasteiger partial charge in [-0.2, -0.15) is 13.2 Å². The minimum atomic E-state index is -4.50.